The Bertz CT molecular complexity index is 563. The molecule has 1 aromatic rings. The predicted molar refractivity (Wildman–Crippen MR) is 96.0 cm³/mol. The Kier molecular flexibility index (Phi) is 8.66. The van der Waals surface area contributed by atoms with E-state index in [4.69, 9.17) is 4.74 Å². The van der Waals surface area contributed by atoms with Crippen LogP contribution in [0.3, 0.4) is 0 Å². The van der Waals surface area contributed by atoms with Crippen molar-refractivity contribution >= 4 is 18.3 Å². The first kappa shape index (κ1) is 22.5. The lowest BCUT2D eigenvalue weighted by Crippen LogP contribution is -2.57. The first-order chi connectivity index (χ1) is 11.8. The Balaban J connectivity index is 0.00000338. The van der Waals surface area contributed by atoms with Gasteiger partial charge in [0.2, 0.25) is 5.91 Å². The first-order valence-electron chi connectivity index (χ1n) is 8.26. The summed E-state index contributed by atoms with van der Waals surface area (Å²) < 4.78 is 45.1. The third kappa shape index (κ3) is 6.03. The number of piperazine rings is 1. The van der Waals surface area contributed by atoms with Gasteiger partial charge in [-0.15, -0.1) is 12.4 Å². The molecule has 2 unspecified atom stereocenters. The van der Waals surface area contributed by atoms with Crippen LogP contribution in [0.5, 0.6) is 5.75 Å². The number of ether oxygens (including phenoxy) is 1. The van der Waals surface area contributed by atoms with Crippen LogP contribution in [-0.2, 0) is 4.79 Å². The van der Waals surface area contributed by atoms with Gasteiger partial charge in [-0.25, -0.2) is 0 Å². The quantitative estimate of drug-likeness (QED) is 0.775. The number of hydrogen-bond donors (Lipinski definition) is 2. The van der Waals surface area contributed by atoms with Crippen molar-refractivity contribution < 1.29 is 22.7 Å². The summed E-state index contributed by atoms with van der Waals surface area (Å²) in [6.45, 7) is 2.89. The van der Waals surface area contributed by atoms with Crippen LogP contribution in [0.1, 0.15) is 18.4 Å². The maximum Gasteiger partial charge on any atom is 0.405 e. The minimum absolute atomic E-state index is 0. The van der Waals surface area contributed by atoms with Crippen molar-refractivity contribution in [1.82, 2.24) is 15.5 Å². The van der Waals surface area contributed by atoms with Crippen LogP contribution in [0.4, 0.5) is 13.2 Å². The summed E-state index contributed by atoms with van der Waals surface area (Å²) in [7, 11) is 1.54. The Morgan fingerprint density at radius 1 is 1.27 bits per heavy atom. The number of methoxy groups -OCH3 is 1. The molecule has 1 aliphatic heterocycles. The number of carbonyl (C=O) groups excluding carboxylic acids is 1. The van der Waals surface area contributed by atoms with E-state index in [2.05, 4.69) is 10.6 Å². The maximum absolute atomic E-state index is 13.3. The summed E-state index contributed by atoms with van der Waals surface area (Å²) in [5.41, 5.74) is 0.726. The Hall–Kier alpha value is -1.51. The van der Waals surface area contributed by atoms with E-state index in [1.54, 1.807) is 38.3 Å². The van der Waals surface area contributed by atoms with E-state index in [1.165, 1.54) is 4.90 Å². The first-order valence-corrected chi connectivity index (χ1v) is 8.26. The zero-order valence-electron chi connectivity index (χ0n) is 14.8. The van der Waals surface area contributed by atoms with Gasteiger partial charge in [0.25, 0.3) is 0 Å². The summed E-state index contributed by atoms with van der Waals surface area (Å²) in [5, 5.41) is 5.49. The molecule has 0 saturated carbocycles. The molecule has 2 rings (SSSR count). The molecule has 1 amide bonds. The highest BCUT2D eigenvalue weighted by molar-refractivity contribution is 5.85. The highest BCUT2D eigenvalue weighted by Gasteiger charge is 2.43. The molecular weight excluding hydrogens is 371 g/mol. The molecular formula is C17H25ClF3N3O2. The maximum atomic E-state index is 13.3. The predicted octanol–water partition coefficient (Wildman–Crippen LogP) is 2.17. The van der Waals surface area contributed by atoms with Gasteiger partial charge in [0.15, 0.2) is 0 Å². The van der Waals surface area contributed by atoms with Gasteiger partial charge in [0.05, 0.1) is 13.0 Å². The van der Waals surface area contributed by atoms with Gasteiger partial charge in [-0.1, -0.05) is 12.1 Å². The summed E-state index contributed by atoms with van der Waals surface area (Å²) >= 11 is 0. The van der Waals surface area contributed by atoms with Crippen LogP contribution in [0.25, 0.3) is 0 Å². The second-order valence-corrected chi connectivity index (χ2v) is 6.08. The SMILES string of the molecule is COc1ccc(C(C)C(=O)NCC(N2CCNCC2)C(F)(F)F)cc1.Cl. The number of nitrogens with zero attached hydrogens (tertiary/aromatic N) is 1. The number of rotatable bonds is 6. The lowest BCUT2D eigenvalue weighted by atomic mass is 10.00. The molecule has 0 aromatic heterocycles. The zero-order valence-corrected chi connectivity index (χ0v) is 15.6. The highest BCUT2D eigenvalue weighted by Crippen LogP contribution is 2.25. The van der Waals surface area contributed by atoms with E-state index < -0.39 is 30.6 Å². The van der Waals surface area contributed by atoms with Crippen LogP contribution in [-0.4, -0.2) is 62.9 Å². The molecule has 0 radical (unpaired) electrons. The molecule has 1 aromatic carbocycles. The minimum Gasteiger partial charge on any atom is -0.497 e. The third-order valence-corrected chi connectivity index (χ3v) is 4.45. The number of carbonyl (C=O) groups is 1. The second-order valence-electron chi connectivity index (χ2n) is 6.08. The Morgan fingerprint density at radius 3 is 2.35 bits per heavy atom. The van der Waals surface area contributed by atoms with Crippen molar-refractivity contribution in [1.29, 1.82) is 0 Å². The lowest BCUT2D eigenvalue weighted by Gasteiger charge is -2.36. The van der Waals surface area contributed by atoms with Gasteiger partial charge in [0.1, 0.15) is 11.8 Å². The molecule has 26 heavy (non-hydrogen) atoms. The number of halogens is 4. The molecule has 2 N–H and O–H groups in total. The Morgan fingerprint density at radius 2 is 1.85 bits per heavy atom. The van der Waals surface area contributed by atoms with E-state index in [9.17, 15) is 18.0 Å². The van der Waals surface area contributed by atoms with E-state index >= 15 is 0 Å². The van der Waals surface area contributed by atoms with E-state index in [0.29, 0.717) is 31.9 Å². The smallest absolute Gasteiger partial charge is 0.405 e. The number of amides is 1. The van der Waals surface area contributed by atoms with Crippen molar-refractivity contribution in [2.24, 2.45) is 0 Å². The average Bonchev–Trinajstić information content (AvgIpc) is 2.61. The molecule has 1 fully saturated rings. The Labute approximate surface area is 157 Å². The number of nitrogens with one attached hydrogen (secondary N) is 2. The fourth-order valence-corrected chi connectivity index (χ4v) is 2.84. The van der Waals surface area contributed by atoms with E-state index in [1.807, 2.05) is 0 Å². The number of alkyl halides is 3. The van der Waals surface area contributed by atoms with Crippen LogP contribution >= 0.6 is 12.4 Å². The molecule has 0 bridgehead atoms. The van der Waals surface area contributed by atoms with Crippen molar-refractivity contribution in [2.75, 3.05) is 39.8 Å². The normalized spacial score (nSPS) is 17.7. The van der Waals surface area contributed by atoms with Crippen LogP contribution in [0.15, 0.2) is 24.3 Å². The van der Waals surface area contributed by atoms with E-state index in [-0.39, 0.29) is 12.4 Å². The molecule has 1 heterocycles. The zero-order chi connectivity index (χ0) is 18.4. The number of benzene rings is 1. The fraction of sp³-hybridized carbons (Fsp3) is 0.588. The van der Waals surface area contributed by atoms with Crippen molar-refractivity contribution in [2.45, 2.75) is 25.1 Å². The van der Waals surface area contributed by atoms with Crippen molar-refractivity contribution in [3.63, 3.8) is 0 Å². The number of hydrogen-bond acceptors (Lipinski definition) is 4. The molecule has 1 aliphatic rings. The molecule has 2 atom stereocenters. The largest absolute Gasteiger partial charge is 0.497 e. The fourth-order valence-electron chi connectivity index (χ4n) is 2.84. The van der Waals surface area contributed by atoms with Crippen LogP contribution in [0, 0.1) is 0 Å². The van der Waals surface area contributed by atoms with Crippen LogP contribution < -0.4 is 15.4 Å². The molecule has 148 valence electrons. The lowest BCUT2D eigenvalue weighted by molar-refractivity contribution is -0.184. The van der Waals surface area contributed by atoms with E-state index in [0.717, 1.165) is 5.56 Å². The average molecular weight is 396 g/mol. The monoisotopic (exact) mass is 395 g/mol. The molecule has 1 saturated heterocycles. The third-order valence-electron chi connectivity index (χ3n) is 4.45. The van der Waals surface area contributed by atoms with Gasteiger partial charge in [-0.3, -0.25) is 9.69 Å². The summed E-state index contributed by atoms with van der Waals surface area (Å²) in [6.07, 6.45) is -4.38. The summed E-state index contributed by atoms with van der Waals surface area (Å²) in [6, 6.07) is 5.25. The minimum atomic E-state index is -4.38. The molecule has 9 heteroatoms. The van der Waals surface area contributed by atoms with Gasteiger partial charge in [0, 0.05) is 32.7 Å². The summed E-state index contributed by atoms with van der Waals surface area (Å²) in [4.78, 5) is 13.6. The summed E-state index contributed by atoms with van der Waals surface area (Å²) in [5.74, 6) is -0.301. The van der Waals surface area contributed by atoms with Gasteiger partial charge in [-0.2, -0.15) is 13.2 Å². The molecule has 0 spiro atoms. The highest BCUT2D eigenvalue weighted by atomic mass is 35.5. The van der Waals surface area contributed by atoms with Crippen molar-refractivity contribution in [3.8, 4) is 5.75 Å². The van der Waals surface area contributed by atoms with Crippen molar-refractivity contribution in [3.05, 3.63) is 29.8 Å². The second kappa shape index (κ2) is 9.99. The topological polar surface area (TPSA) is 53.6 Å². The van der Waals surface area contributed by atoms with Gasteiger partial charge < -0.3 is 15.4 Å². The standard InChI is InChI=1S/C17H24F3N3O2.ClH/c1-12(13-3-5-14(25-2)6-4-13)16(24)22-11-15(17(18,19)20)23-9-7-21-8-10-23;/h3-6,12,15,21H,7-11H2,1-2H3,(H,22,24);1H. The molecule has 0 aliphatic carbocycles. The molecule has 5 nitrogen and oxygen atoms in total. The van der Waals surface area contributed by atoms with Crippen LogP contribution in [0.2, 0.25) is 0 Å². The van der Waals surface area contributed by atoms with Gasteiger partial charge >= 0.3 is 6.18 Å². The van der Waals surface area contributed by atoms with Gasteiger partial charge in [-0.05, 0) is 24.6 Å².